The second-order valence-electron chi connectivity index (χ2n) is 6.65. The highest BCUT2D eigenvalue weighted by molar-refractivity contribution is 5.98. The number of para-hydroxylation sites is 1. The second kappa shape index (κ2) is 8.03. The fraction of sp³-hybridized carbons (Fsp3) is 0.286. The maximum absolute atomic E-state index is 12.5. The van der Waals surface area contributed by atoms with Crippen LogP contribution in [0.1, 0.15) is 28.4 Å². The van der Waals surface area contributed by atoms with Gasteiger partial charge in [-0.15, -0.1) is 0 Å². The van der Waals surface area contributed by atoms with Crippen LogP contribution in [0, 0.1) is 6.92 Å². The Balaban J connectivity index is 1.48. The van der Waals surface area contributed by atoms with Crippen LogP contribution in [0.4, 0.5) is 5.69 Å². The predicted molar refractivity (Wildman–Crippen MR) is 102 cm³/mol. The van der Waals surface area contributed by atoms with Gasteiger partial charge in [-0.25, -0.2) is 0 Å². The predicted octanol–water partition coefficient (Wildman–Crippen LogP) is 2.25. The van der Waals surface area contributed by atoms with E-state index < -0.39 is 5.97 Å². The summed E-state index contributed by atoms with van der Waals surface area (Å²) in [5, 5.41) is 2.50. The highest BCUT2D eigenvalue weighted by atomic mass is 16.5. The highest BCUT2D eigenvalue weighted by Gasteiger charge is 2.30. The molecule has 0 bridgehead atoms. The molecule has 2 aromatic carbocycles. The van der Waals surface area contributed by atoms with Crippen molar-refractivity contribution >= 4 is 23.5 Å². The number of carbonyl (C=O) groups is 3. The van der Waals surface area contributed by atoms with E-state index in [1.54, 1.807) is 17.0 Å². The Hall–Kier alpha value is -3.15. The van der Waals surface area contributed by atoms with Gasteiger partial charge in [0.15, 0.2) is 6.61 Å². The summed E-state index contributed by atoms with van der Waals surface area (Å²) in [7, 11) is 0. The number of hydrogen-bond acceptors (Lipinski definition) is 4. The van der Waals surface area contributed by atoms with Gasteiger partial charge in [-0.3, -0.25) is 14.4 Å². The minimum absolute atomic E-state index is 0.0230. The lowest BCUT2D eigenvalue weighted by atomic mass is 10.1. The summed E-state index contributed by atoms with van der Waals surface area (Å²) >= 11 is 0. The molecule has 1 atom stereocenters. The Labute approximate surface area is 158 Å². The van der Waals surface area contributed by atoms with Crippen molar-refractivity contribution in [2.45, 2.75) is 26.3 Å². The molecule has 1 unspecified atom stereocenters. The van der Waals surface area contributed by atoms with Crippen LogP contribution >= 0.6 is 0 Å². The standard InChI is InChI=1S/C21H22N2O4/c1-14-7-9-16(10-8-14)21(26)22-12-20(25)27-13-19(24)23-15(2)11-17-5-3-4-6-18(17)23/h3-10,15H,11-13H2,1-2H3,(H,22,26). The van der Waals surface area contributed by atoms with E-state index in [-0.39, 0.29) is 31.0 Å². The molecule has 2 aromatic rings. The molecule has 0 radical (unpaired) electrons. The molecule has 1 heterocycles. The number of carbonyl (C=O) groups excluding carboxylic acids is 3. The first kappa shape index (κ1) is 18.6. The van der Waals surface area contributed by atoms with E-state index in [1.165, 1.54) is 0 Å². The molecule has 0 fully saturated rings. The molecule has 1 N–H and O–H groups in total. The molecule has 6 nitrogen and oxygen atoms in total. The monoisotopic (exact) mass is 366 g/mol. The van der Waals surface area contributed by atoms with E-state index in [2.05, 4.69) is 5.32 Å². The summed E-state index contributed by atoms with van der Waals surface area (Å²) in [6, 6.07) is 14.7. The third kappa shape index (κ3) is 4.34. The Morgan fingerprint density at radius 1 is 1.11 bits per heavy atom. The SMILES string of the molecule is Cc1ccc(C(=O)NCC(=O)OCC(=O)N2c3ccccc3CC2C)cc1. The van der Waals surface area contributed by atoms with Crippen LogP contribution in [0.25, 0.3) is 0 Å². The van der Waals surface area contributed by atoms with E-state index in [0.717, 1.165) is 23.2 Å². The largest absolute Gasteiger partial charge is 0.454 e. The topological polar surface area (TPSA) is 75.7 Å². The molecule has 0 spiro atoms. The molecule has 140 valence electrons. The minimum atomic E-state index is -0.649. The molecular formula is C21H22N2O4. The lowest BCUT2D eigenvalue weighted by Gasteiger charge is -2.22. The van der Waals surface area contributed by atoms with E-state index in [0.29, 0.717) is 5.56 Å². The van der Waals surface area contributed by atoms with Gasteiger partial charge in [0.25, 0.3) is 11.8 Å². The van der Waals surface area contributed by atoms with Gasteiger partial charge in [0.1, 0.15) is 6.54 Å². The number of nitrogens with zero attached hydrogens (tertiary/aromatic N) is 1. The molecule has 2 amide bonds. The number of esters is 1. The van der Waals surface area contributed by atoms with Crippen LogP contribution in [0.15, 0.2) is 48.5 Å². The molecule has 3 rings (SSSR count). The van der Waals surface area contributed by atoms with Gasteiger partial charge >= 0.3 is 5.97 Å². The van der Waals surface area contributed by atoms with Crippen LogP contribution in [0.3, 0.4) is 0 Å². The van der Waals surface area contributed by atoms with Crippen LogP contribution in [0.5, 0.6) is 0 Å². The number of amides is 2. The van der Waals surface area contributed by atoms with E-state index in [1.807, 2.05) is 50.2 Å². The number of hydrogen-bond donors (Lipinski definition) is 1. The summed E-state index contributed by atoms with van der Waals surface area (Å²) in [6.07, 6.45) is 0.780. The van der Waals surface area contributed by atoms with E-state index in [9.17, 15) is 14.4 Å². The van der Waals surface area contributed by atoms with Crippen molar-refractivity contribution in [3.05, 3.63) is 65.2 Å². The maximum Gasteiger partial charge on any atom is 0.325 e. The molecule has 1 aliphatic heterocycles. The van der Waals surface area contributed by atoms with Crippen molar-refractivity contribution in [2.24, 2.45) is 0 Å². The molecular weight excluding hydrogens is 344 g/mol. The molecule has 0 aliphatic carbocycles. The summed E-state index contributed by atoms with van der Waals surface area (Å²) in [5.41, 5.74) is 3.47. The van der Waals surface area contributed by atoms with Gasteiger partial charge in [0.2, 0.25) is 0 Å². The first-order valence-electron chi connectivity index (χ1n) is 8.86. The first-order valence-corrected chi connectivity index (χ1v) is 8.86. The smallest absolute Gasteiger partial charge is 0.325 e. The molecule has 0 saturated heterocycles. The van der Waals surface area contributed by atoms with Gasteiger partial charge in [-0.05, 0) is 44.0 Å². The van der Waals surface area contributed by atoms with E-state index in [4.69, 9.17) is 4.74 Å². The highest BCUT2D eigenvalue weighted by Crippen LogP contribution is 2.31. The van der Waals surface area contributed by atoms with Crippen molar-refractivity contribution in [1.82, 2.24) is 5.32 Å². The van der Waals surface area contributed by atoms with Gasteiger partial charge in [0, 0.05) is 17.3 Å². The van der Waals surface area contributed by atoms with Crippen molar-refractivity contribution in [3.63, 3.8) is 0 Å². The quantitative estimate of drug-likeness (QED) is 0.824. The average molecular weight is 366 g/mol. The van der Waals surface area contributed by atoms with Crippen molar-refractivity contribution in [1.29, 1.82) is 0 Å². The lowest BCUT2D eigenvalue weighted by molar-refractivity contribution is -0.146. The Kier molecular flexibility index (Phi) is 5.54. The van der Waals surface area contributed by atoms with Gasteiger partial charge < -0.3 is 15.0 Å². The zero-order valence-electron chi connectivity index (χ0n) is 15.4. The van der Waals surface area contributed by atoms with Crippen molar-refractivity contribution < 1.29 is 19.1 Å². The number of fused-ring (bicyclic) bond motifs is 1. The summed E-state index contributed by atoms with van der Waals surface area (Å²) < 4.78 is 5.04. The summed E-state index contributed by atoms with van der Waals surface area (Å²) in [5.74, 6) is -1.28. The third-order valence-corrected chi connectivity index (χ3v) is 4.54. The number of nitrogens with one attached hydrogen (secondary N) is 1. The Bertz CT molecular complexity index is 861. The number of ether oxygens (including phenoxy) is 1. The zero-order valence-corrected chi connectivity index (χ0v) is 15.4. The molecule has 0 aromatic heterocycles. The molecule has 0 saturated carbocycles. The van der Waals surface area contributed by atoms with Gasteiger partial charge in [-0.2, -0.15) is 0 Å². The van der Waals surface area contributed by atoms with Crippen LogP contribution < -0.4 is 10.2 Å². The number of anilines is 1. The van der Waals surface area contributed by atoms with Gasteiger partial charge in [-0.1, -0.05) is 35.9 Å². The van der Waals surface area contributed by atoms with Gasteiger partial charge in [0.05, 0.1) is 0 Å². The summed E-state index contributed by atoms with van der Waals surface area (Å²) in [6.45, 7) is 3.25. The summed E-state index contributed by atoms with van der Waals surface area (Å²) in [4.78, 5) is 38.0. The second-order valence-corrected chi connectivity index (χ2v) is 6.65. The minimum Gasteiger partial charge on any atom is -0.454 e. The zero-order chi connectivity index (χ0) is 19.4. The van der Waals surface area contributed by atoms with Crippen LogP contribution in [-0.4, -0.2) is 37.0 Å². The molecule has 27 heavy (non-hydrogen) atoms. The maximum atomic E-state index is 12.5. The molecule has 6 heteroatoms. The fourth-order valence-electron chi connectivity index (χ4n) is 3.17. The van der Waals surface area contributed by atoms with Crippen LogP contribution in [0.2, 0.25) is 0 Å². The fourth-order valence-corrected chi connectivity index (χ4v) is 3.17. The van der Waals surface area contributed by atoms with Crippen molar-refractivity contribution in [2.75, 3.05) is 18.1 Å². The average Bonchev–Trinajstić information content (AvgIpc) is 3.00. The number of aryl methyl sites for hydroxylation is 1. The number of rotatable bonds is 5. The lowest BCUT2D eigenvalue weighted by Crippen LogP contribution is -2.39. The van der Waals surface area contributed by atoms with Crippen molar-refractivity contribution in [3.8, 4) is 0 Å². The number of benzene rings is 2. The van der Waals surface area contributed by atoms with Crippen LogP contribution in [-0.2, 0) is 20.7 Å². The Morgan fingerprint density at radius 2 is 1.81 bits per heavy atom. The van der Waals surface area contributed by atoms with E-state index >= 15 is 0 Å². The third-order valence-electron chi connectivity index (χ3n) is 4.54. The first-order chi connectivity index (χ1) is 13.0. The normalized spacial score (nSPS) is 15.2. The Morgan fingerprint density at radius 3 is 2.56 bits per heavy atom. The molecule has 1 aliphatic rings.